The predicted molar refractivity (Wildman–Crippen MR) is 77.9 cm³/mol. The zero-order valence-corrected chi connectivity index (χ0v) is 10.2. The Labute approximate surface area is 109 Å². The van der Waals surface area contributed by atoms with E-state index in [1.807, 2.05) is 48.5 Å². The number of aromatic amines is 1. The number of H-pyrrole nitrogens is 1. The van der Waals surface area contributed by atoms with Gasteiger partial charge in [-0.2, -0.15) is 0 Å². The highest BCUT2D eigenvalue weighted by Gasteiger charge is 2.08. The van der Waals surface area contributed by atoms with E-state index >= 15 is 0 Å². The fraction of sp³-hybridized carbons (Fsp3) is 0. The largest absolute Gasteiger partial charge is 0.455 e. The number of benzene rings is 2. The van der Waals surface area contributed by atoms with Crippen molar-refractivity contribution in [3.05, 3.63) is 54.6 Å². The number of nitrogens with two attached hydrogens (primary N) is 1. The minimum absolute atomic E-state index is 0.766. The Morgan fingerprint density at radius 2 is 1.79 bits per heavy atom. The van der Waals surface area contributed by atoms with E-state index in [0.29, 0.717) is 0 Å². The smallest absolute Gasteiger partial charge is 0.151 e. The van der Waals surface area contributed by atoms with Crippen molar-refractivity contribution in [3.8, 4) is 11.5 Å². The van der Waals surface area contributed by atoms with E-state index in [1.54, 1.807) is 0 Å². The average molecular weight is 248 g/mol. The number of anilines is 1. The predicted octanol–water partition coefficient (Wildman–Crippen LogP) is 4.16. The van der Waals surface area contributed by atoms with Crippen molar-refractivity contribution in [2.45, 2.75) is 0 Å². The number of hydrogen-bond acceptors (Lipinski definition) is 2. The second-order valence-corrected chi connectivity index (χ2v) is 4.68. The van der Waals surface area contributed by atoms with Crippen LogP contribution in [0, 0.1) is 0 Å². The van der Waals surface area contributed by atoms with E-state index in [-0.39, 0.29) is 0 Å². The molecule has 0 saturated carbocycles. The number of furan rings is 1. The molecule has 92 valence electrons. The Kier molecular flexibility index (Phi) is 1.97. The van der Waals surface area contributed by atoms with Gasteiger partial charge in [-0.1, -0.05) is 18.2 Å². The normalized spacial score (nSPS) is 11.4. The third-order valence-electron chi connectivity index (χ3n) is 3.34. The molecule has 3 N–H and O–H groups in total. The molecule has 19 heavy (non-hydrogen) atoms. The molecule has 0 unspecified atom stereocenters. The van der Waals surface area contributed by atoms with Crippen molar-refractivity contribution in [1.82, 2.24) is 4.98 Å². The van der Waals surface area contributed by atoms with Crippen LogP contribution in [0.1, 0.15) is 0 Å². The highest BCUT2D eigenvalue weighted by Crippen LogP contribution is 2.30. The maximum absolute atomic E-state index is 5.85. The minimum atomic E-state index is 0.766. The second-order valence-electron chi connectivity index (χ2n) is 4.68. The van der Waals surface area contributed by atoms with Gasteiger partial charge in [-0.3, -0.25) is 0 Å². The Bertz CT molecular complexity index is 853. The number of nitrogens with one attached hydrogen (secondary N) is 1. The van der Waals surface area contributed by atoms with Gasteiger partial charge in [0.25, 0.3) is 0 Å². The first-order valence-corrected chi connectivity index (χ1v) is 6.17. The van der Waals surface area contributed by atoms with Crippen LogP contribution in [-0.2, 0) is 0 Å². The number of hydrogen-bond donors (Lipinski definition) is 2. The molecule has 0 bridgehead atoms. The van der Waals surface area contributed by atoms with Gasteiger partial charge in [0.15, 0.2) is 5.76 Å². The Morgan fingerprint density at radius 1 is 0.895 bits per heavy atom. The molecule has 0 aliphatic carbocycles. The van der Waals surface area contributed by atoms with E-state index in [9.17, 15) is 0 Å². The van der Waals surface area contributed by atoms with Crippen LogP contribution in [0.25, 0.3) is 33.3 Å². The van der Waals surface area contributed by atoms with E-state index in [4.69, 9.17) is 10.2 Å². The maximum atomic E-state index is 5.85. The first-order chi connectivity index (χ1) is 9.29. The maximum Gasteiger partial charge on any atom is 0.151 e. The SMILES string of the molecule is Nc1ccc2[nH]c(-c3cc4ccccc4o3)cc2c1. The van der Waals surface area contributed by atoms with Gasteiger partial charge in [0.05, 0.1) is 5.69 Å². The molecule has 3 nitrogen and oxygen atoms in total. The molecule has 0 radical (unpaired) electrons. The Balaban J connectivity index is 1.93. The van der Waals surface area contributed by atoms with Crippen LogP contribution in [0.5, 0.6) is 0 Å². The number of para-hydroxylation sites is 1. The Hall–Kier alpha value is -2.68. The van der Waals surface area contributed by atoms with Crippen molar-refractivity contribution in [1.29, 1.82) is 0 Å². The van der Waals surface area contributed by atoms with Crippen LogP contribution in [0.3, 0.4) is 0 Å². The topological polar surface area (TPSA) is 55.0 Å². The van der Waals surface area contributed by atoms with Crippen LogP contribution in [0.2, 0.25) is 0 Å². The van der Waals surface area contributed by atoms with Gasteiger partial charge in [-0.15, -0.1) is 0 Å². The first kappa shape index (κ1) is 10.3. The molecular formula is C16H12N2O. The highest BCUT2D eigenvalue weighted by molar-refractivity contribution is 5.89. The van der Waals surface area contributed by atoms with Gasteiger partial charge in [-0.05, 0) is 36.4 Å². The van der Waals surface area contributed by atoms with E-state index in [2.05, 4.69) is 11.1 Å². The summed E-state index contributed by atoms with van der Waals surface area (Å²) < 4.78 is 5.85. The lowest BCUT2D eigenvalue weighted by Crippen LogP contribution is -1.81. The summed E-state index contributed by atoms with van der Waals surface area (Å²) >= 11 is 0. The molecule has 2 heterocycles. The molecule has 0 amide bonds. The van der Waals surface area contributed by atoms with Crippen molar-refractivity contribution in [2.24, 2.45) is 0 Å². The number of aromatic nitrogens is 1. The third-order valence-corrected chi connectivity index (χ3v) is 3.34. The average Bonchev–Trinajstić information content (AvgIpc) is 3.00. The van der Waals surface area contributed by atoms with Gasteiger partial charge >= 0.3 is 0 Å². The summed E-state index contributed by atoms with van der Waals surface area (Å²) in [6.07, 6.45) is 0. The lowest BCUT2D eigenvalue weighted by atomic mass is 10.2. The van der Waals surface area contributed by atoms with Crippen molar-refractivity contribution in [3.63, 3.8) is 0 Å². The lowest BCUT2D eigenvalue weighted by Gasteiger charge is -1.91. The van der Waals surface area contributed by atoms with Gasteiger partial charge in [-0.25, -0.2) is 0 Å². The van der Waals surface area contributed by atoms with Crippen molar-refractivity contribution in [2.75, 3.05) is 5.73 Å². The third kappa shape index (κ3) is 1.59. The Morgan fingerprint density at radius 3 is 2.68 bits per heavy atom. The van der Waals surface area contributed by atoms with E-state index in [1.165, 1.54) is 0 Å². The van der Waals surface area contributed by atoms with Crippen LogP contribution in [0.15, 0.2) is 59.0 Å². The summed E-state index contributed by atoms with van der Waals surface area (Å²) in [5.41, 5.74) is 9.49. The first-order valence-electron chi connectivity index (χ1n) is 6.17. The molecule has 0 aliphatic heterocycles. The fourth-order valence-electron chi connectivity index (χ4n) is 2.40. The second kappa shape index (κ2) is 3.65. The van der Waals surface area contributed by atoms with Gasteiger partial charge in [0.2, 0.25) is 0 Å². The summed E-state index contributed by atoms with van der Waals surface area (Å²) in [6, 6.07) is 17.9. The monoisotopic (exact) mass is 248 g/mol. The van der Waals surface area contributed by atoms with Crippen LogP contribution in [0.4, 0.5) is 5.69 Å². The molecule has 0 fully saturated rings. The molecule has 0 saturated heterocycles. The molecule has 3 heteroatoms. The molecule has 0 atom stereocenters. The van der Waals surface area contributed by atoms with Crippen LogP contribution < -0.4 is 5.73 Å². The number of nitrogen functional groups attached to an aromatic ring is 1. The summed E-state index contributed by atoms with van der Waals surface area (Å²) in [5.74, 6) is 0.843. The standard InChI is InChI=1S/C16H12N2O/c17-12-5-6-13-11(7-12)8-14(18-13)16-9-10-3-1-2-4-15(10)19-16/h1-9,18H,17H2. The zero-order chi connectivity index (χ0) is 12.8. The molecular weight excluding hydrogens is 236 g/mol. The summed E-state index contributed by atoms with van der Waals surface area (Å²) in [7, 11) is 0. The van der Waals surface area contributed by atoms with E-state index < -0.39 is 0 Å². The molecule has 0 aliphatic rings. The van der Waals surface area contributed by atoms with Gasteiger partial charge < -0.3 is 15.1 Å². The van der Waals surface area contributed by atoms with Crippen LogP contribution in [-0.4, -0.2) is 4.98 Å². The van der Waals surface area contributed by atoms with E-state index in [0.717, 1.165) is 39.0 Å². The summed E-state index contributed by atoms with van der Waals surface area (Å²) in [5, 5.41) is 2.20. The molecule has 4 aromatic rings. The molecule has 0 spiro atoms. The van der Waals surface area contributed by atoms with Crippen molar-refractivity contribution >= 4 is 27.6 Å². The number of fused-ring (bicyclic) bond motifs is 2. The zero-order valence-electron chi connectivity index (χ0n) is 10.2. The minimum Gasteiger partial charge on any atom is -0.455 e. The fourth-order valence-corrected chi connectivity index (χ4v) is 2.40. The summed E-state index contributed by atoms with van der Waals surface area (Å²) in [6.45, 7) is 0. The summed E-state index contributed by atoms with van der Waals surface area (Å²) in [4.78, 5) is 3.35. The highest BCUT2D eigenvalue weighted by atomic mass is 16.3. The molecule has 2 aromatic carbocycles. The molecule has 2 aromatic heterocycles. The van der Waals surface area contributed by atoms with Gasteiger partial charge in [0, 0.05) is 22.0 Å². The van der Waals surface area contributed by atoms with Gasteiger partial charge in [0.1, 0.15) is 5.58 Å². The lowest BCUT2D eigenvalue weighted by molar-refractivity contribution is 0.629. The quantitative estimate of drug-likeness (QED) is 0.497. The van der Waals surface area contributed by atoms with Crippen molar-refractivity contribution < 1.29 is 4.42 Å². The van der Waals surface area contributed by atoms with Crippen LogP contribution >= 0.6 is 0 Å². The molecule has 4 rings (SSSR count). The number of rotatable bonds is 1.